The maximum absolute atomic E-state index is 13.3. The van der Waals surface area contributed by atoms with Crippen LogP contribution in [-0.2, 0) is 9.59 Å². The maximum Gasteiger partial charge on any atom is 0.335 e. The van der Waals surface area contributed by atoms with Crippen LogP contribution in [0.25, 0.3) is 11.8 Å². The van der Waals surface area contributed by atoms with Crippen LogP contribution in [0.15, 0.2) is 54.1 Å². The third-order valence-corrected chi connectivity index (χ3v) is 5.65. The van der Waals surface area contributed by atoms with Gasteiger partial charge in [-0.25, -0.2) is 14.1 Å². The number of rotatable bonds is 4. The lowest BCUT2D eigenvalue weighted by molar-refractivity contribution is -0.122. The molecule has 2 aromatic carbocycles. The van der Waals surface area contributed by atoms with Gasteiger partial charge in [0, 0.05) is 17.1 Å². The number of urea groups is 1. The minimum Gasteiger partial charge on any atom is -0.495 e. The number of anilines is 1. The van der Waals surface area contributed by atoms with E-state index < -0.39 is 17.8 Å². The molecule has 0 aliphatic carbocycles. The molecule has 3 aromatic rings. The standard InChI is InChI=1S/C24H19ClFN3O4/c1-13-10-15(14(2)28(13)17-6-4-16(26)5-7-17)11-19-22(30)27-24(32)29(23(19)31)18-8-9-21(33-3)20(25)12-18/h4-12H,1-3H3,(H,27,30,32). The van der Waals surface area contributed by atoms with E-state index >= 15 is 0 Å². The summed E-state index contributed by atoms with van der Waals surface area (Å²) in [6.45, 7) is 3.68. The molecular formula is C24H19ClFN3O4. The number of barbiturate groups is 1. The Bertz CT molecular complexity index is 1330. The number of aryl methyl sites for hydroxylation is 1. The van der Waals surface area contributed by atoms with Gasteiger partial charge in [0.15, 0.2) is 0 Å². The highest BCUT2D eigenvalue weighted by molar-refractivity contribution is 6.39. The zero-order chi connectivity index (χ0) is 23.9. The van der Waals surface area contributed by atoms with Crippen LogP contribution in [0.2, 0.25) is 5.02 Å². The second kappa shape index (κ2) is 8.55. The molecule has 0 spiro atoms. The van der Waals surface area contributed by atoms with Crippen molar-refractivity contribution in [1.29, 1.82) is 0 Å². The van der Waals surface area contributed by atoms with Crippen LogP contribution in [0.5, 0.6) is 5.75 Å². The Morgan fingerprint density at radius 1 is 1.00 bits per heavy atom. The van der Waals surface area contributed by atoms with Gasteiger partial charge in [0.25, 0.3) is 11.8 Å². The van der Waals surface area contributed by atoms with Crippen LogP contribution < -0.4 is 15.0 Å². The lowest BCUT2D eigenvalue weighted by Crippen LogP contribution is -2.54. The van der Waals surface area contributed by atoms with Crippen LogP contribution in [-0.4, -0.2) is 29.5 Å². The number of hydrogen-bond donors (Lipinski definition) is 1. The van der Waals surface area contributed by atoms with Gasteiger partial charge in [-0.1, -0.05) is 11.6 Å². The number of carbonyl (C=O) groups excluding carboxylic acids is 3. The van der Waals surface area contributed by atoms with Crippen LogP contribution in [0, 0.1) is 19.7 Å². The quantitative estimate of drug-likeness (QED) is 0.450. The summed E-state index contributed by atoms with van der Waals surface area (Å²) in [6, 6.07) is 11.3. The molecule has 168 valence electrons. The predicted molar refractivity (Wildman–Crippen MR) is 122 cm³/mol. The first-order chi connectivity index (χ1) is 15.7. The van der Waals surface area contributed by atoms with Crippen molar-refractivity contribution in [2.75, 3.05) is 12.0 Å². The zero-order valence-corrected chi connectivity index (χ0v) is 18.7. The summed E-state index contributed by atoms with van der Waals surface area (Å²) in [5, 5.41) is 2.40. The Labute approximate surface area is 194 Å². The molecule has 9 heteroatoms. The minimum absolute atomic E-state index is 0.193. The van der Waals surface area contributed by atoms with Crippen LogP contribution >= 0.6 is 11.6 Å². The number of amides is 4. The van der Waals surface area contributed by atoms with E-state index in [1.54, 1.807) is 18.2 Å². The summed E-state index contributed by atoms with van der Waals surface area (Å²) >= 11 is 6.15. The molecule has 2 heterocycles. The highest BCUT2D eigenvalue weighted by Crippen LogP contribution is 2.31. The van der Waals surface area contributed by atoms with Crippen molar-refractivity contribution >= 4 is 41.2 Å². The van der Waals surface area contributed by atoms with Gasteiger partial charge in [-0.2, -0.15) is 0 Å². The topological polar surface area (TPSA) is 80.6 Å². The maximum atomic E-state index is 13.3. The normalized spacial score (nSPS) is 15.2. The number of benzene rings is 2. The summed E-state index contributed by atoms with van der Waals surface area (Å²) in [4.78, 5) is 39.0. The molecule has 7 nitrogen and oxygen atoms in total. The molecular weight excluding hydrogens is 449 g/mol. The molecule has 4 amide bonds. The van der Waals surface area contributed by atoms with Crippen molar-refractivity contribution in [2.24, 2.45) is 0 Å². The van der Waals surface area contributed by atoms with Crippen molar-refractivity contribution in [3.63, 3.8) is 0 Å². The molecule has 1 aromatic heterocycles. The fraction of sp³-hybridized carbons (Fsp3) is 0.125. The van der Waals surface area contributed by atoms with E-state index in [1.165, 1.54) is 43.5 Å². The van der Waals surface area contributed by atoms with E-state index in [0.717, 1.165) is 22.0 Å². The lowest BCUT2D eigenvalue weighted by atomic mass is 10.1. The number of methoxy groups -OCH3 is 1. The van der Waals surface area contributed by atoms with Crippen molar-refractivity contribution in [1.82, 2.24) is 9.88 Å². The van der Waals surface area contributed by atoms with E-state index in [9.17, 15) is 18.8 Å². The smallest absolute Gasteiger partial charge is 0.335 e. The van der Waals surface area contributed by atoms with Gasteiger partial charge >= 0.3 is 6.03 Å². The number of imide groups is 2. The number of aromatic nitrogens is 1. The van der Waals surface area contributed by atoms with Crippen LogP contribution in [0.4, 0.5) is 14.9 Å². The van der Waals surface area contributed by atoms with Gasteiger partial charge in [0.2, 0.25) is 0 Å². The molecule has 0 bridgehead atoms. The molecule has 1 aliphatic rings. The van der Waals surface area contributed by atoms with Gasteiger partial charge in [-0.3, -0.25) is 14.9 Å². The van der Waals surface area contributed by atoms with E-state index in [1.807, 2.05) is 18.4 Å². The molecule has 1 saturated heterocycles. The molecule has 33 heavy (non-hydrogen) atoms. The van der Waals surface area contributed by atoms with Gasteiger partial charge in [-0.15, -0.1) is 0 Å². The second-order valence-electron chi connectivity index (χ2n) is 7.41. The number of nitrogens with one attached hydrogen (secondary N) is 1. The van der Waals surface area contributed by atoms with E-state index in [-0.39, 0.29) is 22.1 Å². The highest BCUT2D eigenvalue weighted by atomic mass is 35.5. The van der Waals surface area contributed by atoms with E-state index in [4.69, 9.17) is 16.3 Å². The van der Waals surface area contributed by atoms with Gasteiger partial charge in [0.05, 0.1) is 17.8 Å². The molecule has 0 saturated carbocycles. The third kappa shape index (κ3) is 4.01. The fourth-order valence-corrected chi connectivity index (χ4v) is 4.01. The number of nitrogens with zero attached hydrogens (tertiary/aromatic N) is 2. The fourth-order valence-electron chi connectivity index (χ4n) is 3.76. The Hall–Kier alpha value is -3.91. The van der Waals surface area contributed by atoms with Crippen molar-refractivity contribution in [3.8, 4) is 11.4 Å². The second-order valence-corrected chi connectivity index (χ2v) is 7.82. The van der Waals surface area contributed by atoms with Crippen molar-refractivity contribution in [2.45, 2.75) is 13.8 Å². The Morgan fingerprint density at radius 3 is 2.30 bits per heavy atom. The van der Waals surface area contributed by atoms with Crippen molar-refractivity contribution in [3.05, 3.63) is 81.9 Å². The molecule has 4 rings (SSSR count). The monoisotopic (exact) mass is 467 g/mol. The Balaban J connectivity index is 1.75. The van der Waals surface area contributed by atoms with E-state index in [0.29, 0.717) is 11.3 Å². The Kier molecular flexibility index (Phi) is 5.78. The lowest BCUT2D eigenvalue weighted by Gasteiger charge is -2.26. The predicted octanol–water partition coefficient (Wildman–Crippen LogP) is 4.56. The molecule has 0 radical (unpaired) electrons. The number of halogens is 2. The molecule has 0 unspecified atom stereocenters. The van der Waals surface area contributed by atoms with Gasteiger partial charge in [0.1, 0.15) is 17.1 Å². The number of carbonyl (C=O) groups is 3. The Morgan fingerprint density at radius 2 is 1.67 bits per heavy atom. The summed E-state index contributed by atoms with van der Waals surface area (Å²) in [5.74, 6) is -1.55. The first-order valence-corrected chi connectivity index (χ1v) is 10.3. The number of hydrogen-bond acceptors (Lipinski definition) is 4. The third-order valence-electron chi connectivity index (χ3n) is 5.35. The highest BCUT2D eigenvalue weighted by Gasteiger charge is 2.37. The average Bonchev–Trinajstić information content (AvgIpc) is 3.04. The first-order valence-electron chi connectivity index (χ1n) is 9.91. The zero-order valence-electron chi connectivity index (χ0n) is 18.0. The molecule has 1 aliphatic heterocycles. The first kappa shape index (κ1) is 22.3. The summed E-state index contributed by atoms with van der Waals surface area (Å²) < 4.78 is 20.3. The minimum atomic E-state index is -0.875. The van der Waals surface area contributed by atoms with Gasteiger partial charge in [-0.05, 0) is 74.0 Å². The van der Waals surface area contributed by atoms with Gasteiger partial charge < -0.3 is 9.30 Å². The van der Waals surface area contributed by atoms with Crippen LogP contribution in [0.1, 0.15) is 17.0 Å². The SMILES string of the molecule is COc1ccc(N2C(=O)NC(=O)C(=Cc3cc(C)n(-c4ccc(F)cc4)c3C)C2=O)cc1Cl. The van der Waals surface area contributed by atoms with E-state index in [2.05, 4.69) is 5.32 Å². The summed E-state index contributed by atoms with van der Waals surface area (Å²) in [5.41, 5.74) is 2.89. The summed E-state index contributed by atoms with van der Waals surface area (Å²) in [7, 11) is 1.45. The van der Waals surface area contributed by atoms with Crippen molar-refractivity contribution < 1.29 is 23.5 Å². The molecule has 0 atom stereocenters. The average molecular weight is 468 g/mol. The molecule has 1 N–H and O–H groups in total. The van der Waals surface area contributed by atoms with Crippen LogP contribution in [0.3, 0.4) is 0 Å². The summed E-state index contributed by atoms with van der Waals surface area (Å²) in [6.07, 6.45) is 1.44. The largest absolute Gasteiger partial charge is 0.495 e. The number of ether oxygens (including phenoxy) is 1. The molecule has 1 fully saturated rings.